The highest BCUT2D eigenvalue weighted by atomic mass is 16.1. The van der Waals surface area contributed by atoms with E-state index >= 15 is 0 Å². The summed E-state index contributed by atoms with van der Waals surface area (Å²) < 4.78 is 0. The van der Waals surface area contributed by atoms with Crippen LogP contribution in [0.4, 0.5) is 0 Å². The van der Waals surface area contributed by atoms with E-state index in [2.05, 4.69) is 157 Å². The minimum absolute atomic E-state index is 0.00708. The number of carbonyl (C=O) groups is 4. The molecule has 4 heteroatoms. The number of fused-ring (bicyclic) bond motifs is 2. The third kappa shape index (κ3) is 26.9. The van der Waals surface area contributed by atoms with Gasteiger partial charge in [-0.2, -0.15) is 0 Å². The van der Waals surface area contributed by atoms with E-state index in [1.165, 1.54) is 80.6 Å². The largest absolute Gasteiger partial charge is 0.289 e. The zero-order chi connectivity index (χ0) is 61.3. The van der Waals surface area contributed by atoms with Crippen molar-refractivity contribution in [1.29, 1.82) is 0 Å². The summed E-state index contributed by atoms with van der Waals surface area (Å²) in [6, 6.07) is 14.3. The standard InChI is InChI=1S/C47H66O2.C32H42O2/c1-10-35(2)19-13-20-36(3)21-14-22-37(4)23-15-24-38(5)25-16-26-39(6)27-17-28-40(7)29-18-30-41(8)33-34-43-42(9)46(48)44-31-11-12-32-45(44)47(43)49;1-7-23(2)13-10-14-24(3)15-11-16-25(4)17-12-18-26(5)21-22-28-27(6)31(33)29-19-8-9-20-30(29)32(28)34/h11-12,19,21,23,25,27,29,31-33H,10,13-18,20,22,24,26,28,30,34H2,1-9H3;8-9,13,15,17,19-21H,7,10-12,14,16,18,22H2,1-6H3/b35-19+,36-21+,37-23+,38-25+,39-27+,40-29+,41-33+;23-13+,24-15+,25-17+,26-21+. The molecule has 0 unspecified atom stereocenters. The Bertz CT molecular complexity index is 2940. The van der Waals surface area contributed by atoms with Crippen LogP contribution >= 0.6 is 0 Å². The van der Waals surface area contributed by atoms with Crippen LogP contribution < -0.4 is 0 Å². The van der Waals surface area contributed by atoms with E-state index in [0.717, 1.165) is 109 Å². The Labute approximate surface area is 506 Å². The molecule has 0 bridgehead atoms. The van der Waals surface area contributed by atoms with Crippen LogP contribution in [0.3, 0.4) is 0 Å². The quantitative estimate of drug-likeness (QED) is 0.0668. The van der Waals surface area contributed by atoms with Gasteiger partial charge in [-0.05, 0) is 231 Å². The van der Waals surface area contributed by atoms with Crippen molar-refractivity contribution in [3.8, 4) is 0 Å². The molecule has 0 aromatic heterocycles. The number of ketones is 4. The monoisotopic (exact) mass is 1120 g/mol. The second-order valence-corrected chi connectivity index (χ2v) is 24.1. The molecular weight excluding hydrogens is 1010 g/mol. The molecule has 83 heavy (non-hydrogen) atoms. The van der Waals surface area contributed by atoms with Crippen LogP contribution in [0, 0.1) is 0 Å². The Kier molecular flexibility index (Phi) is 33.6. The first-order chi connectivity index (χ1) is 39.7. The van der Waals surface area contributed by atoms with Crippen molar-refractivity contribution >= 4 is 23.1 Å². The lowest BCUT2D eigenvalue weighted by Gasteiger charge is -2.18. The fraction of sp³-hybridized carbons (Fsp3) is 0.468. The van der Waals surface area contributed by atoms with E-state index < -0.39 is 0 Å². The number of rotatable bonds is 33. The Balaban J connectivity index is 0.000000464. The SMILES string of the molecule is CC/C(C)=C/CC/C(C)=C/CC/C(C)=C/CC/C(C)=C/CC/C(C)=C/CC/C(C)=C/CC/C(C)=C/CC1=C(C)C(=O)c2ccccc2C1=O.CC/C(C)=C/CC/C(C)=C/CC/C(C)=C/CC/C(C)=C/CC1=C(C)C(=O)c2ccccc2C1=O. The summed E-state index contributed by atoms with van der Waals surface area (Å²) in [4.78, 5) is 51.3. The average Bonchev–Trinajstić information content (AvgIpc) is 3.08. The first-order valence-electron chi connectivity index (χ1n) is 31.6. The van der Waals surface area contributed by atoms with Crippen molar-refractivity contribution in [3.05, 3.63) is 221 Å². The van der Waals surface area contributed by atoms with Crippen LogP contribution in [0.25, 0.3) is 0 Å². The Morgan fingerprint density at radius 2 is 0.458 bits per heavy atom. The van der Waals surface area contributed by atoms with E-state index in [1.807, 2.05) is 24.3 Å². The molecule has 2 aliphatic rings. The van der Waals surface area contributed by atoms with Crippen LogP contribution in [-0.2, 0) is 0 Å². The van der Waals surface area contributed by atoms with E-state index in [1.54, 1.807) is 38.1 Å². The summed E-state index contributed by atoms with van der Waals surface area (Å²) in [5.41, 5.74) is 20.4. The molecule has 2 aliphatic carbocycles. The average molecular weight is 1120 g/mol. The van der Waals surface area contributed by atoms with Gasteiger partial charge < -0.3 is 0 Å². The van der Waals surface area contributed by atoms with Crippen LogP contribution in [0.1, 0.15) is 287 Å². The number of hydrogen-bond acceptors (Lipinski definition) is 4. The topological polar surface area (TPSA) is 68.3 Å². The highest BCUT2D eigenvalue weighted by molar-refractivity contribution is 6.27. The fourth-order valence-corrected chi connectivity index (χ4v) is 10.3. The smallest absolute Gasteiger partial charge is 0.190 e. The maximum absolute atomic E-state index is 13.0. The van der Waals surface area contributed by atoms with Gasteiger partial charge in [0, 0.05) is 44.5 Å². The molecule has 0 saturated carbocycles. The van der Waals surface area contributed by atoms with Gasteiger partial charge in [-0.3, -0.25) is 19.2 Å². The number of benzene rings is 2. The molecule has 0 fully saturated rings. The lowest BCUT2D eigenvalue weighted by molar-refractivity contribution is 0.0973. The second kappa shape index (κ2) is 39.3. The van der Waals surface area contributed by atoms with Crippen LogP contribution in [0.5, 0.6) is 0 Å². The maximum Gasteiger partial charge on any atom is 0.190 e. The molecule has 0 heterocycles. The lowest BCUT2D eigenvalue weighted by atomic mass is 9.83. The van der Waals surface area contributed by atoms with E-state index in [0.29, 0.717) is 57.4 Å². The van der Waals surface area contributed by atoms with Gasteiger partial charge in [0.05, 0.1) is 0 Å². The highest BCUT2D eigenvalue weighted by Gasteiger charge is 2.30. The molecule has 2 aromatic rings. The Hall–Kier alpha value is -6.26. The van der Waals surface area contributed by atoms with Crippen LogP contribution in [-0.4, -0.2) is 23.1 Å². The molecule has 0 amide bonds. The Morgan fingerprint density at radius 1 is 0.277 bits per heavy atom. The molecule has 4 nitrogen and oxygen atoms in total. The number of carbonyl (C=O) groups excluding carboxylic acids is 4. The van der Waals surface area contributed by atoms with Crippen LogP contribution in [0.2, 0.25) is 0 Å². The van der Waals surface area contributed by atoms with Crippen molar-refractivity contribution in [1.82, 2.24) is 0 Å². The highest BCUT2D eigenvalue weighted by Crippen LogP contribution is 2.31. The minimum atomic E-state index is -0.0226. The van der Waals surface area contributed by atoms with E-state index in [9.17, 15) is 19.2 Å². The predicted molar refractivity (Wildman–Crippen MR) is 360 cm³/mol. The predicted octanol–water partition coefficient (Wildman–Crippen LogP) is 23.8. The summed E-state index contributed by atoms with van der Waals surface area (Å²) in [6.45, 7) is 32.5. The number of hydrogen-bond donors (Lipinski definition) is 0. The summed E-state index contributed by atoms with van der Waals surface area (Å²) in [6.07, 6.45) is 49.0. The van der Waals surface area contributed by atoms with Crippen molar-refractivity contribution < 1.29 is 19.2 Å². The van der Waals surface area contributed by atoms with Gasteiger partial charge in [0.25, 0.3) is 0 Å². The van der Waals surface area contributed by atoms with Gasteiger partial charge in [0.1, 0.15) is 0 Å². The van der Waals surface area contributed by atoms with Crippen molar-refractivity contribution in [2.24, 2.45) is 0 Å². The molecule has 0 atom stereocenters. The van der Waals surface area contributed by atoms with Gasteiger partial charge in [0.15, 0.2) is 23.1 Å². The van der Waals surface area contributed by atoms with Gasteiger partial charge in [-0.1, -0.05) is 191 Å². The van der Waals surface area contributed by atoms with Crippen LogP contribution in [0.15, 0.2) is 199 Å². The van der Waals surface area contributed by atoms with Crippen molar-refractivity contribution in [3.63, 3.8) is 0 Å². The first kappa shape index (κ1) is 71.0. The molecule has 0 saturated heterocycles. The summed E-state index contributed by atoms with van der Waals surface area (Å²) >= 11 is 0. The lowest BCUT2D eigenvalue weighted by Crippen LogP contribution is -2.20. The fourth-order valence-electron chi connectivity index (χ4n) is 10.3. The first-order valence-corrected chi connectivity index (χ1v) is 31.6. The number of allylic oxidation sites excluding steroid dienone is 26. The molecule has 448 valence electrons. The zero-order valence-corrected chi connectivity index (χ0v) is 54.7. The van der Waals surface area contributed by atoms with E-state index in [-0.39, 0.29) is 23.1 Å². The maximum atomic E-state index is 13.0. The molecular formula is C79H108O4. The molecule has 2 aromatic carbocycles. The van der Waals surface area contributed by atoms with Crippen molar-refractivity contribution in [2.45, 2.75) is 245 Å². The normalized spacial score (nSPS) is 15.8. The van der Waals surface area contributed by atoms with Gasteiger partial charge in [-0.15, -0.1) is 0 Å². The third-order valence-corrected chi connectivity index (χ3v) is 16.7. The van der Waals surface area contributed by atoms with Gasteiger partial charge in [0.2, 0.25) is 0 Å². The molecule has 0 N–H and O–H groups in total. The summed E-state index contributed by atoms with van der Waals surface area (Å²) in [5, 5.41) is 0. The molecule has 0 spiro atoms. The summed E-state index contributed by atoms with van der Waals surface area (Å²) in [5.74, 6) is -0.0594. The Morgan fingerprint density at radius 3 is 0.663 bits per heavy atom. The second-order valence-electron chi connectivity index (χ2n) is 24.1. The van der Waals surface area contributed by atoms with E-state index in [4.69, 9.17) is 0 Å². The number of Topliss-reactive ketones (excluding diaryl/α,β-unsaturated/α-hetero) is 4. The zero-order valence-electron chi connectivity index (χ0n) is 54.7. The minimum Gasteiger partial charge on any atom is -0.289 e. The van der Waals surface area contributed by atoms with Gasteiger partial charge >= 0.3 is 0 Å². The van der Waals surface area contributed by atoms with Gasteiger partial charge in [-0.25, -0.2) is 0 Å². The molecule has 0 radical (unpaired) electrons. The van der Waals surface area contributed by atoms with Crippen molar-refractivity contribution in [2.75, 3.05) is 0 Å². The molecule has 4 rings (SSSR count). The molecule has 0 aliphatic heterocycles. The summed E-state index contributed by atoms with van der Waals surface area (Å²) in [7, 11) is 0. The third-order valence-electron chi connectivity index (χ3n) is 16.7.